The zero-order valence-corrected chi connectivity index (χ0v) is 11.7. The van der Waals surface area contributed by atoms with Crippen molar-refractivity contribution in [1.82, 2.24) is 9.97 Å². The molecule has 1 aromatic rings. The van der Waals surface area contributed by atoms with Crippen LogP contribution in [0.2, 0.25) is 0 Å². The lowest BCUT2D eigenvalue weighted by Gasteiger charge is -2.22. The predicted molar refractivity (Wildman–Crippen MR) is 69.8 cm³/mol. The highest BCUT2D eigenvalue weighted by atomic mass is 79.9. The molecule has 1 rings (SSSR count). The van der Waals surface area contributed by atoms with Gasteiger partial charge in [0.2, 0.25) is 5.88 Å². The molecule has 4 nitrogen and oxygen atoms in total. The predicted octanol–water partition coefficient (Wildman–Crippen LogP) is 2.73. The summed E-state index contributed by atoms with van der Waals surface area (Å²) in [4.78, 5) is 9.44. The SMILES string of the molecule is CCCOc1cc(N(CCBr)CC(F)F)ncn1. The van der Waals surface area contributed by atoms with Crippen LogP contribution in [0.3, 0.4) is 0 Å². The summed E-state index contributed by atoms with van der Waals surface area (Å²) >= 11 is 3.24. The second-order valence-corrected chi connectivity index (χ2v) is 4.38. The number of ether oxygens (including phenoxy) is 1. The van der Waals surface area contributed by atoms with Crippen LogP contribution in [-0.2, 0) is 0 Å². The maximum Gasteiger partial charge on any atom is 0.255 e. The third-order valence-corrected chi connectivity index (χ3v) is 2.47. The zero-order chi connectivity index (χ0) is 13.4. The summed E-state index contributed by atoms with van der Waals surface area (Å²) in [5.41, 5.74) is 0. The smallest absolute Gasteiger partial charge is 0.255 e. The minimum absolute atomic E-state index is 0.351. The Kier molecular flexibility index (Phi) is 6.85. The molecule has 1 heterocycles. The van der Waals surface area contributed by atoms with Gasteiger partial charge in [0.1, 0.15) is 12.1 Å². The summed E-state index contributed by atoms with van der Waals surface area (Å²) in [7, 11) is 0. The summed E-state index contributed by atoms with van der Waals surface area (Å²) in [6.07, 6.45) is -0.215. The van der Waals surface area contributed by atoms with Gasteiger partial charge >= 0.3 is 0 Å². The second kappa shape index (κ2) is 8.18. The van der Waals surface area contributed by atoms with E-state index in [-0.39, 0.29) is 6.54 Å². The van der Waals surface area contributed by atoms with Gasteiger partial charge in [0, 0.05) is 17.9 Å². The molecule has 0 fully saturated rings. The normalized spacial score (nSPS) is 10.7. The highest BCUT2D eigenvalue weighted by Crippen LogP contribution is 2.17. The van der Waals surface area contributed by atoms with Crippen LogP contribution in [-0.4, -0.2) is 41.4 Å². The number of aromatic nitrogens is 2. The quantitative estimate of drug-likeness (QED) is 0.689. The van der Waals surface area contributed by atoms with E-state index < -0.39 is 6.43 Å². The topological polar surface area (TPSA) is 38.2 Å². The van der Waals surface area contributed by atoms with Crippen LogP contribution in [0.25, 0.3) is 0 Å². The van der Waals surface area contributed by atoms with E-state index in [1.807, 2.05) is 6.92 Å². The molecule has 0 saturated carbocycles. The van der Waals surface area contributed by atoms with Crippen molar-refractivity contribution in [3.05, 3.63) is 12.4 Å². The molecule has 0 N–H and O–H groups in total. The van der Waals surface area contributed by atoms with Gasteiger partial charge in [-0.2, -0.15) is 0 Å². The first kappa shape index (κ1) is 15.1. The number of hydrogen-bond acceptors (Lipinski definition) is 4. The van der Waals surface area contributed by atoms with Crippen molar-refractivity contribution in [2.45, 2.75) is 19.8 Å². The van der Waals surface area contributed by atoms with Gasteiger partial charge in [0.15, 0.2) is 0 Å². The number of nitrogens with zero attached hydrogens (tertiary/aromatic N) is 3. The molecular weight excluding hydrogens is 308 g/mol. The van der Waals surface area contributed by atoms with Crippen molar-refractivity contribution in [3.8, 4) is 5.88 Å². The molecule has 7 heteroatoms. The first-order valence-corrected chi connectivity index (χ1v) is 6.83. The Labute approximate surface area is 113 Å². The van der Waals surface area contributed by atoms with Gasteiger partial charge in [0.25, 0.3) is 6.43 Å². The minimum atomic E-state index is -2.40. The zero-order valence-electron chi connectivity index (χ0n) is 10.2. The Bertz CT molecular complexity index is 355. The van der Waals surface area contributed by atoms with Crippen LogP contribution in [0.1, 0.15) is 13.3 Å². The molecule has 0 bridgehead atoms. The van der Waals surface area contributed by atoms with E-state index in [1.165, 1.54) is 11.2 Å². The van der Waals surface area contributed by atoms with Crippen LogP contribution in [0.5, 0.6) is 5.88 Å². The molecule has 0 atom stereocenters. The fourth-order valence-electron chi connectivity index (χ4n) is 1.36. The lowest BCUT2D eigenvalue weighted by molar-refractivity contribution is 0.155. The molecule has 0 saturated heterocycles. The fraction of sp³-hybridized carbons (Fsp3) is 0.636. The van der Waals surface area contributed by atoms with Crippen molar-refractivity contribution in [2.75, 3.05) is 29.9 Å². The molecule has 0 aliphatic rings. The van der Waals surface area contributed by atoms with Gasteiger partial charge in [-0.25, -0.2) is 18.7 Å². The lowest BCUT2D eigenvalue weighted by Crippen LogP contribution is -2.31. The number of halogens is 3. The summed E-state index contributed by atoms with van der Waals surface area (Å²) < 4.78 is 30.3. The highest BCUT2D eigenvalue weighted by Gasteiger charge is 2.14. The third-order valence-electron chi connectivity index (χ3n) is 2.12. The lowest BCUT2D eigenvalue weighted by atomic mass is 10.4. The monoisotopic (exact) mass is 323 g/mol. The van der Waals surface area contributed by atoms with E-state index in [0.29, 0.717) is 30.2 Å². The maximum atomic E-state index is 12.5. The Morgan fingerprint density at radius 1 is 1.44 bits per heavy atom. The van der Waals surface area contributed by atoms with Crippen molar-refractivity contribution >= 4 is 21.7 Å². The summed E-state index contributed by atoms with van der Waals surface area (Å²) in [5, 5.41) is 0.592. The molecule has 1 aromatic heterocycles. The Morgan fingerprint density at radius 3 is 2.83 bits per heavy atom. The van der Waals surface area contributed by atoms with Crippen LogP contribution >= 0.6 is 15.9 Å². The molecule has 0 aliphatic heterocycles. The fourth-order valence-corrected chi connectivity index (χ4v) is 1.78. The number of anilines is 1. The van der Waals surface area contributed by atoms with Crippen molar-refractivity contribution < 1.29 is 13.5 Å². The van der Waals surface area contributed by atoms with Crippen molar-refractivity contribution in [3.63, 3.8) is 0 Å². The molecule has 0 amide bonds. The third kappa shape index (κ3) is 5.12. The van der Waals surface area contributed by atoms with Gasteiger partial charge in [-0.1, -0.05) is 22.9 Å². The molecule has 102 valence electrons. The van der Waals surface area contributed by atoms with Crippen molar-refractivity contribution in [1.29, 1.82) is 0 Å². The second-order valence-electron chi connectivity index (χ2n) is 3.59. The average Bonchev–Trinajstić information content (AvgIpc) is 2.36. The summed E-state index contributed by atoms with van der Waals surface area (Å²) in [5.74, 6) is 0.867. The number of hydrogen-bond donors (Lipinski definition) is 0. The number of alkyl halides is 3. The summed E-state index contributed by atoms with van der Waals surface area (Å²) in [6.45, 7) is 2.63. The molecule has 0 aliphatic carbocycles. The highest BCUT2D eigenvalue weighted by molar-refractivity contribution is 9.09. The molecule has 0 radical (unpaired) electrons. The van der Waals surface area contributed by atoms with E-state index in [1.54, 1.807) is 6.07 Å². The summed E-state index contributed by atoms with van der Waals surface area (Å²) in [6, 6.07) is 1.58. The van der Waals surface area contributed by atoms with E-state index in [4.69, 9.17) is 4.74 Å². The van der Waals surface area contributed by atoms with E-state index in [2.05, 4.69) is 25.9 Å². The Morgan fingerprint density at radius 2 is 2.22 bits per heavy atom. The van der Waals surface area contributed by atoms with E-state index >= 15 is 0 Å². The van der Waals surface area contributed by atoms with Crippen molar-refractivity contribution in [2.24, 2.45) is 0 Å². The molecular formula is C11H16BrF2N3O. The number of rotatable bonds is 8. The van der Waals surface area contributed by atoms with Gasteiger partial charge in [-0.05, 0) is 6.42 Å². The maximum absolute atomic E-state index is 12.5. The standard InChI is InChI=1S/C11H16BrF2N3O/c1-2-5-18-11-6-10(15-8-16-11)17(4-3-12)7-9(13)14/h6,8-9H,2-5,7H2,1H3. The Hall–Kier alpha value is -0.980. The van der Waals surface area contributed by atoms with Gasteiger partial charge in [-0.3, -0.25) is 0 Å². The molecule has 0 aromatic carbocycles. The van der Waals surface area contributed by atoms with Crippen LogP contribution in [0.15, 0.2) is 12.4 Å². The molecule has 0 spiro atoms. The Balaban J connectivity index is 2.76. The first-order valence-electron chi connectivity index (χ1n) is 5.71. The van der Waals surface area contributed by atoms with Gasteiger partial charge in [-0.15, -0.1) is 0 Å². The molecule has 0 unspecified atom stereocenters. The minimum Gasteiger partial charge on any atom is -0.478 e. The van der Waals surface area contributed by atoms with Gasteiger partial charge < -0.3 is 9.64 Å². The van der Waals surface area contributed by atoms with Gasteiger partial charge in [0.05, 0.1) is 13.2 Å². The largest absolute Gasteiger partial charge is 0.478 e. The van der Waals surface area contributed by atoms with Crippen LogP contribution < -0.4 is 9.64 Å². The average molecular weight is 324 g/mol. The van der Waals surface area contributed by atoms with E-state index in [9.17, 15) is 8.78 Å². The van der Waals surface area contributed by atoms with Crippen LogP contribution in [0, 0.1) is 0 Å². The molecule has 18 heavy (non-hydrogen) atoms. The first-order chi connectivity index (χ1) is 8.67. The van der Waals surface area contributed by atoms with Crippen LogP contribution in [0.4, 0.5) is 14.6 Å². The van der Waals surface area contributed by atoms with E-state index in [0.717, 1.165) is 6.42 Å².